The Kier molecular flexibility index (Phi) is 12.3. The topological polar surface area (TPSA) is 188 Å². The van der Waals surface area contributed by atoms with Gasteiger partial charge < -0.3 is 29.7 Å². The van der Waals surface area contributed by atoms with E-state index >= 15 is 4.79 Å². The second-order valence-corrected chi connectivity index (χ2v) is 19.8. The van der Waals surface area contributed by atoms with E-state index in [9.17, 15) is 45.5 Å². The van der Waals surface area contributed by atoms with Crippen LogP contribution < -0.4 is 24.4 Å². The van der Waals surface area contributed by atoms with Crippen LogP contribution in [0.15, 0.2) is 36.4 Å². The zero-order valence-electron chi connectivity index (χ0n) is 35.2. The molecule has 6 rings (SSSR count). The molecule has 20 heteroatoms. The quantitative estimate of drug-likeness (QED) is 0.211. The fourth-order valence-corrected chi connectivity index (χ4v) is 9.96. The minimum atomic E-state index is -5.12. The maximum absolute atomic E-state index is 15.1. The summed E-state index contributed by atoms with van der Waals surface area (Å²) in [6.07, 6.45) is -4.05. The first-order valence-electron chi connectivity index (χ1n) is 20.3. The number of benzene rings is 1. The second kappa shape index (κ2) is 16.4. The van der Waals surface area contributed by atoms with Crippen molar-refractivity contribution in [2.75, 3.05) is 39.3 Å². The third kappa shape index (κ3) is 8.65. The van der Waals surface area contributed by atoms with Gasteiger partial charge >= 0.3 is 12.3 Å². The number of methoxy groups -OCH3 is 1. The number of hydrogen-bond donors (Lipinski definition) is 3. The molecule has 0 unspecified atom stereocenters. The van der Waals surface area contributed by atoms with E-state index in [1.807, 2.05) is 11.6 Å². The van der Waals surface area contributed by atoms with Crippen molar-refractivity contribution in [3.05, 3.63) is 36.4 Å². The van der Waals surface area contributed by atoms with Gasteiger partial charge in [0.05, 0.1) is 13.7 Å². The summed E-state index contributed by atoms with van der Waals surface area (Å²) in [6.45, 7) is 3.05. The number of alkyl halides is 4. The standard InChI is InChI=1S/C41H54F4N6O9S/c1-23-10-8-9-11-26-20-40(26,36(54)48-61(57,58)39(22-42)14-15-39)47-33(52)30-19-28(60-34-29-13-12-27(59-7)17-25(29)18-31(46-34)49(5)6)21-50(30)35(53)32(24(2)16-23)51(37(55)56)38(3,4)41(43,44)45/h9,11-13,17-18,23-24,26,28,30,32H,8,10,14-16,19-22H2,1-7H3,(H,47,52)(H,48,54)(H,55,56)/t23-,24+,26+,28+,30-,32-,40+/m0/s1. The first kappa shape index (κ1) is 45.6. The number of amides is 4. The van der Waals surface area contributed by atoms with Crippen molar-refractivity contribution in [2.45, 2.75) is 113 Å². The summed E-state index contributed by atoms with van der Waals surface area (Å²) in [5.74, 6) is -3.94. The number of allylic oxidation sites excluding steroid dienone is 1. The van der Waals surface area contributed by atoms with Crippen molar-refractivity contribution in [1.82, 2.24) is 24.8 Å². The number of hydrogen-bond acceptors (Lipinski definition) is 10. The Morgan fingerprint density at radius 1 is 1.11 bits per heavy atom. The largest absolute Gasteiger partial charge is 0.497 e. The van der Waals surface area contributed by atoms with Gasteiger partial charge in [-0.05, 0) is 93.9 Å². The van der Waals surface area contributed by atoms with Crippen molar-refractivity contribution < 1.29 is 59.7 Å². The summed E-state index contributed by atoms with van der Waals surface area (Å²) in [6, 6.07) is 3.45. The van der Waals surface area contributed by atoms with Crippen molar-refractivity contribution >= 4 is 50.4 Å². The number of pyridine rings is 1. The highest BCUT2D eigenvalue weighted by Gasteiger charge is 2.64. The molecule has 2 aromatic rings. The number of halogens is 4. The molecule has 3 fully saturated rings. The molecule has 2 aliphatic heterocycles. The van der Waals surface area contributed by atoms with Crippen LogP contribution in [0, 0.1) is 17.8 Å². The SMILES string of the molecule is COc1ccc2c(O[C@@H]3C[C@H]4C(=O)N[C@]5(C(=O)NS(=O)(=O)C6(CF)CC6)C[C@H]5C=CCC[C@H](C)C[C@@H](C)[C@H](N(C(=O)O)C(C)(C)C(F)(F)F)C(=O)N4C3)nc(N(C)C)cc2c1. The third-order valence-electron chi connectivity index (χ3n) is 12.7. The highest BCUT2D eigenvalue weighted by molar-refractivity contribution is 7.91. The molecule has 3 heterocycles. The number of nitrogens with one attached hydrogen (secondary N) is 2. The molecular weight excluding hydrogens is 829 g/mol. The Morgan fingerprint density at radius 3 is 2.39 bits per heavy atom. The number of carboxylic acid groups (broad SMARTS) is 1. The molecule has 61 heavy (non-hydrogen) atoms. The number of aromatic nitrogens is 1. The summed E-state index contributed by atoms with van der Waals surface area (Å²) in [5.41, 5.74) is -4.92. The molecule has 336 valence electrons. The molecule has 1 aromatic carbocycles. The predicted molar refractivity (Wildman–Crippen MR) is 216 cm³/mol. The maximum Gasteiger partial charge on any atom is 0.411 e. The molecule has 1 aromatic heterocycles. The van der Waals surface area contributed by atoms with Gasteiger partial charge in [0.15, 0.2) is 0 Å². The number of fused-ring (bicyclic) bond motifs is 3. The summed E-state index contributed by atoms with van der Waals surface area (Å²) >= 11 is 0. The van der Waals surface area contributed by atoms with Crippen molar-refractivity contribution in [1.29, 1.82) is 0 Å². The van der Waals surface area contributed by atoms with Crippen LogP contribution in [0.1, 0.15) is 72.6 Å². The molecule has 3 N–H and O–H groups in total. The van der Waals surface area contributed by atoms with Crippen LogP contribution in [-0.2, 0) is 24.4 Å². The molecule has 2 saturated carbocycles. The number of anilines is 1. The lowest BCUT2D eigenvalue weighted by atomic mass is 9.85. The van der Waals surface area contributed by atoms with Gasteiger partial charge in [0, 0.05) is 31.8 Å². The van der Waals surface area contributed by atoms with E-state index < -0.39 is 99.1 Å². The molecule has 1 saturated heterocycles. The minimum absolute atomic E-state index is 0.000749. The Balaban J connectivity index is 1.45. The number of carbonyl (C=O) groups is 4. The van der Waals surface area contributed by atoms with Crippen molar-refractivity contribution in [3.8, 4) is 11.6 Å². The normalized spacial score (nSPS) is 28.1. The number of nitrogens with zero attached hydrogens (tertiary/aromatic N) is 4. The van der Waals surface area contributed by atoms with Crippen LogP contribution in [0.5, 0.6) is 11.6 Å². The number of carbonyl (C=O) groups excluding carboxylic acids is 3. The van der Waals surface area contributed by atoms with Gasteiger partial charge in [0.2, 0.25) is 27.7 Å². The Hall–Kier alpha value is -4.88. The molecule has 15 nitrogen and oxygen atoms in total. The van der Waals surface area contributed by atoms with Gasteiger partial charge in [-0.1, -0.05) is 26.0 Å². The molecule has 4 aliphatic rings. The lowest BCUT2D eigenvalue weighted by Crippen LogP contribution is -2.66. The number of ether oxygens (including phenoxy) is 2. The monoisotopic (exact) mass is 882 g/mol. The zero-order valence-corrected chi connectivity index (χ0v) is 36.0. The van der Waals surface area contributed by atoms with Gasteiger partial charge in [-0.15, -0.1) is 0 Å². The lowest BCUT2D eigenvalue weighted by Gasteiger charge is -2.45. The van der Waals surface area contributed by atoms with Crippen molar-refractivity contribution in [3.63, 3.8) is 0 Å². The molecular formula is C41H54F4N6O9S. The van der Waals surface area contributed by atoms with E-state index in [1.165, 1.54) is 14.0 Å². The first-order chi connectivity index (χ1) is 28.4. The fraction of sp³-hybridized carbons (Fsp3) is 0.634. The Morgan fingerprint density at radius 2 is 1.80 bits per heavy atom. The number of sulfonamides is 1. The van der Waals surface area contributed by atoms with Crippen LogP contribution in [0.2, 0.25) is 0 Å². The summed E-state index contributed by atoms with van der Waals surface area (Å²) in [5, 5.41) is 14.4. The Labute approximate surface area is 352 Å². The van der Waals surface area contributed by atoms with Gasteiger partial charge in [0.1, 0.15) is 52.3 Å². The van der Waals surface area contributed by atoms with Gasteiger partial charge in [-0.2, -0.15) is 18.2 Å². The lowest BCUT2D eigenvalue weighted by molar-refractivity contribution is -0.222. The first-order valence-corrected chi connectivity index (χ1v) is 21.7. The highest BCUT2D eigenvalue weighted by atomic mass is 32.2. The molecule has 4 amide bonds. The van der Waals surface area contributed by atoms with E-state index in [1.54, 1.807) is 55.4 Å². The predicted octanol–water partition coefficient (Wildman–Crippen LogP) is 5.18. The molecule has 0 radical (unpaired) electrons. The highest BCUT2D eigenvalue weighted by Crippen LogP contribution is 2.48. The van der Waals surface area contributed by atoms with E-state index in [2.05, 4.69) is 10.3 Å². The van der Waals surface area contributed by atoms with Crippen molar-refractivity contribution in [2.24, 2.45) is 17.8 Å². The molecule has 2 aliphatic carbocycles. The van der Waals surface area contributed by atoms with Crippen LogP contribution in [-0.4, -0.2) is 127 Å². The van der Waals surface area contributed by atoms with Crippen LogP contribution in [0.3, 0.4) is 0 Å². The van der Waals surface area contributed by atoms with E-state index in [0.29, 0.717) is 49.0 Å². The molecule has 7 atom stereocenters. The zero-order chi connectivity index (χ0) is 45.0. The van der Waals surface area contributed by atoms with Gasteiger partial charge in [-0.25, -0.2) is 17.6 Å². The van der Waals surface area contributed by atoms with Gasteiger partial charge in [0.25, 0.3) is 5.91 Å². The van der Waals surface area contributed by atoms with E-state index in [0.717, 1.165) is 4.90 Å². The summed E-state index contributed by atoms with van der Waals surface area (Å²) in [4.78, 5) is 64.2. The van der Waals surface area contributed by atoms with E-state index in [4.69, 9.17) is 9.47 Å². The van der Waals surface area contributed by atoms with Gasteiger partial charge in [-0.3, -0.25) is 24.0 Å². The second-order valence-electron chi connectivity index (χ2n) is 17.7. The van der Waals surface area contributed by atoms with Crippen LogP contribution in [0.25, 0.3) is 10.8 Å². The third-order valence-corrected chi connectivity index (χ3v) is 14.8. The number of rotatable bonds is 10. The average Bonchev–Trinajstić information content (AvgIpc) is 4.08. The molecule has 0 bridgehead atoms. The Bertz CT molecular complexity index is 2200. The van der Waals surface area contributed by atoms with Crippen LogP contribution >= 0.6 is 0 Å². The maximum atomic E-state index is 15.1. The molecule has 0 spiro atoms. The van der Waals surface area contributed by atoms with E-state index in [-0.39, 0.29) is 48.8 Å². The summed E-state index contributed by atoms with van der Waals surface area (Å²) in [7, 11) is 0.502. The fourth-order valence-electron chi connectivity index (χ4n) is 8.53. The smallest absolute Gasteiger partial charge is 0.411 e. The van der Waals surface area contributed by atoms with Crippen LogP contribution in [0.4, 0.5) is 28.2 Å². The average molecular weight is 883 g/mol. The summed E-state index contributed by atoms with van der Waals surface area (Å²) < 4.78 is 96.8. The minimum Gasteiger partial charge on any atom is -0.497 e.